The number of piperidine rings is 1. The molecule has 0 radical (unpaired) electrons. The fourth-order valence-corrected chi connectivity index (χ4v) is 6.45. The molecule has 0 saturated carbocycles. The van der Waals surface area contributed by atoms with Gasteiger partial charge in [0.2, 0.25) is 5.91 Å². The number of amides is 3. The maximum atomic E-state index is 14.0. The molecule has 0 spiro atoms. The molecule has 1 N–H and O–H groups in total. The minimum atomic E-state index is -1.11. The summed E-state index contributed by atoms with van der Waals surface area (Å²) in [4.78, 5) is 47.6. The Kier molecular flexibility index (Phi) is 10.9. The summed E-state index contributed by atoms with van der Waals surface area (Å²) in [6.45, 7) is 16.9. The van der Waals surface area contributed by atoms with Gasteiger partial charge in [0.25, 0.3) is 5.91 Å². The Bertz CT molecular complexity index is 1570. The van der Waals surface area contributed by atoms with Crippen molar-refractivity contribution >= 4 is 23.6 Å². The third kappa shape index (κ3) is 9.13. The van der Waals surface area contributed by atoms with Crippen LogP contribution in [-0.4, -0.2) is 99.3 Å². The lowest BCUT2D eigenvalue weighted by Gasteiger charge is -2.39. The number of rotatable bonds is 9. The Labute approximate surface area is 290 Å². The summed E-state index contributed by atoms with van der Waals surface area (Å²) in [5.41, 5.74) is 2.50. The number of carbonyl (C=O) groups excluding carboxylic acids is 3. The molecule has 2 fully saturated rings. The smallest absolute Gasteiger partial charge is 0.410 e. The van der Waals surface area contributed by atoms with Crippen molar-refractivity contribution in [3.05, 3.63) is 66.5 Å². The Balaban J connectivity index is 1.18. The van der Waals surface area contributed by atoms with E-state index >= 15 is 0 Å². The second kappa shape index (κ2) is 14.9. The first-order valence-corrected chi connectivity index (χ1v) is 17.4. The van der Waals surface area contributed by atoms with E-state index in [1.807, 2.05) is 56.1 Å². The van der Waals surface area contributed by atoms with Gasteiger partial charge in [0, 0.05) is 75.4 Å². The predicted molar refractivity (Wildman–Crippen MR) is 190 cm³/mol. The van der Waals surface area contributed by atoms with Crippen LogP contribution in [0.25, 0.3) is 11.1 Å². The van der Waals surface area contributed by atoms with Crippen molar-refractivity contribution in [3.8, 4) is 16.9 Å². The molecule has 3 amide bonds. The van der Waals surface area contributed by atoms with E-state index in [-0.39, 0.29) is 29.9 Å². The maximum absolute atomic E-state index is 14.0. The van der Waals surface area contributed by atoms with Crippen molar-refractivity contribution < 1.29 is 23.9 Å². The number of benzene rings is 2. The average Bonchev–Trinajstić information content (AvgIpc) is 3.61. The standard InChI is InChI=1S/C38H52N6O5/c1-27(2)44(25-28-13-15-29(16-14-28)31-23-39-40-24-31)34(45)30-10-9-17-43(26-30)32-11-8-12-33(22-32)48-38(6,7)35(46)41-18-20-42(21-19-41)36(47)49-37(3,4)5/h8,11-16,22-24,27,30H,9-10,17-21,25-26H2,1-7H3,(H,39,40)/t30-/m1/s1. The number of carbonyl (C=O) groups is 3. The molecule has 3 heterocycles. The SMILES string of the molecule is CC(C)N(Cc1ccc(-c2cn[nH]c2)cc1)C(=O)[C@@H]1CCCN(c2cccc(OC(C)(C)C(=O)N3CCN(C(=O)OC(C)(C)C)CC3)c2)C1. The number of ether oxygens (including phenoxy) is 2. The summed E-state index contributed by atoms with van der Waals surface area (Å²) in [5, 5.41) is 6.89. The summed E-state index contributed by atoms with van der Waals surface area (Å²) >= 11 is 0. The van der Waals surface area contributed by atoms with E-state index in [9.17, 15) is 14.4 Å². The quantitative estimate of drug-likeness (QED) is 0.298. The van der Waals surface area contributed by atoms with Gasteiger partial charge in [0.05, 0.1) is 12.1 Å². The summed E-state index contributed by atoms with van der Waals surface area (Å²) in [5.74, 6) is 0.516. The van der Waals surface area contributed by atoms with Gasteiger partial charge in [-0.05, 0) is 84.6 Å². The summed E-state index contributed by atoms with van der Waals surface area (Å²) < 4.78 is 11.8. The fraction of sp³-hybridized carbons (Fsp3) is 0.526. The Morgan fingerprint density at radius 3 is 2.27 bits per heavy atom. The van der Waals surface area contributed by atoms with E-state index in [0.717, 1.165) is 41.8 Å². The molecule has 2 saturated heterocycles. The molecule has 49 heavy (non-hydrogen) atoms. The molecule has 0 unspecified atom stereocenters. The lowest BCUT2D eigenvalue weighted by Crippen LogP contribution is -2.57. The molecule has 5 rings (SSSR count). The Morgan fingerprint density at radius 1 is 0.939 bits per heavy atom. The molecular weight excluding hydrogens is 620 g/mol. The molecule has 2 aliphatic rings. The van der Waals surface area contributed by atoms with Crippen LogP contribution in [0.4, 0.5) is 10.5 Å². The van der Waals surface area contributed by atoms with Gasteiger partial charge >= 0.3 is 6.09 Å². The van der Waals surface area contributed by atoms with E-state index in [0.29, 0.717) is 45.0 Å². The molecule has 264 valence electrons. The van der Waals surface area contributed by atoms with Crippen LogP contribution >= 0.6 is 0 Å². The zero-order valence-electron chi connectivity index (χ0n) is 30.1. The van der Waals surface area contributed by atoms with Crippen molar-refractivity contribution in [3.63, 3.8) is 0 Å². The predicted octanol–water partition coefficient (Wildman–Crippen LogP) is 5.97. The summed E-state index contributed by atoms with van der Waals surface area (Å²) in [6.07, 6.45) is 5.06. The van der Waals surface area contributed by atoms with E-state index in [1.165, 1.54) is 0 Å². The monoisotopic (exact) mass is 672 g/mol. The van der Waals surface area contributed by atoms with Crippen molar-refractivity contribution in [2.24, 2.45) is 5.92 Å². The van der Waals surface area contributed by atoms with Crippen LogP contribution in [0.1, 0.15) is 66.9 Å². The van der Waals surface area contributed by atoms with Gasteiger partial charge in [-0.15, -0.1) is 0 Å². The third-order valence-corrected chi connectivity index (χ3v) is 9.10. The molecule has 11 heteroatoms. The molecule has 0 bridgehead atoms. The molecule has 1 aromatic heterocycles. The lowest BCUT2D eigenvalue weighted by atomic mass is 9.95. The average molecular weight is 673 g/mol. The number of aromatic amines is 1. The van der Waals surface area contributed by atoms with Gasteiger partial charge in [-0.25, -0.2) is 4.79 Å². The van der Waals surface area contributed by atoms with Crippen LogP contribution in [0.15, 0.2) is 60.9 Å². The number of aromatic nitrogens is 2. The van der Waals surface area contributed by atoms with Gasteiger partial charge in [-0.2, -0.15) is 5.10 Å². The van der Waals surface area contributed by atoms with Crippen LogP contribution in [0, 0.1) is 5.92 Å². The number of nitrogens with zero attached hydrogens (tertiary/aromatic N) is 5. The second-order valence-corrected chi connectivity index (χ2v) is 14.9. The van der Waals surface area contributed by atoms with Crippen LogP contribution in [0.3, 0.4) is 0 Å². The van der Waals surface area contributed by atoms with Crippen molar-refractivity contribution in [2.75, 3.05) is 44.2 Å². The third-order valence-electron chi connectivity index (χ3n) is 9.10. The van der Waals surface area contributed by atoms with Gasteiger partial charge < -0.3 is 29.1 Å². The van der Waals surface area contributed by atoms with E-state index in [1.54, 1.807) is 29.8 Å². The van der Waals surface area contributed by atoms with Crippen molar-refractivity contribution in [1.29, 1.82) is 0 Å². The topological polar surface area (TPSA) is 111 Å². The normalized spacial score (nSPS) is 17.2. The highest BCUT2D eigenvalue weighted by Crippen LogP contribution is 2.30. The first kappa shape index (κ1) is 35.8. The van der Waals surface area contributed by atoms with Crippen molar-refractivity contribution in [2.45, 2.75) is 85.1 Å². The summed E-state index contributed by atoms with van der Waals surface area (Å²) in [6, 6.07) is 16.2. The highest BCUT2D eigenvalue weighted by molar-refractivity contribution is 5.85. The molecule has 3 aromatic rings. The van der Waals surface area contributed by atoms with Crippen LogP contribution < -0.4 is 9.64 Å². The molecule has 2 aromatic carbocycles. The summed E-state index contributed by atoms with van der Waals surface area (Å²) in [7, 11) is 0. The van der Waals surface area contributed by atoms with Gasteiger partial charge in [0.1, 0.15) is 11.4 Å². The largest absolute Gasteiger partial charge is 0.478 e. The number of anilines is 1. The number of hydrogen-bond donors (Lipinski definition) is 1. The fourth-order valence-electron chi connectivity index (χ4n) is 6.45. The zero-order chi connectivity index (χ0) is 35.3. The number of H-pyrrole nitrogens is 1. The van der Waals surface area contributed by atoms with Crippen LogP contribution in [0.2, 0.25) is 0 Å². The Morgan fingerprint density at radius 2 is 1.63 bits per heavy atom. The van der Waals surface area contributed by atoms with Crippen LogP contribution in [0.5, 0.6) is 5.75 Å². The first-order chi connectivity index (χ1) is 23.2. The van der Waals surface area contributed by atoms with Gasteiger partial charge in [-0.3, -0.25) is 14.7 Å². The molecule has 1 atom stereocenters. The molecule has 2 aliphatic heterocycles. The van der Waals surface area contributed by atoms with Crippen LogP contribution in [-0.2, 0) is 20.9 Å². The Hall–Kier alpha value is -4.54. The highest BCUT2D eigenvalue weighted by atomic mass is 16.6. The molecular formula is C38H52N6O5. The number of nitrogens with one attached hydrogen (secondary N) is 1. The minimum absolute atomic E-state index is 0.0632. The van der Waals surface area contributed by atoms with E-state index < -0.39 is 11.2 Å². The van der Waals surface area contributed by atoms with Gasteiger partial charge in [0.15, 0.2) is 5.60 Å². The minimum Gasteiger partial charge on any atom is -0.478 e. The second-order valence-electron chi connectivity index (χ2n) is 14.9. The van der Waals surface area contributed by atoms with E-state index in [4.69, 9.17) is 9.47 Å². The first-order valence-electron chi connectivity index (χ1n) is 17.4. The molecule has 11 nitrogen and oxygen atoms in total. The molecule has 0 aliphatic carbocycles. The van der Waals surface area contributed by atoms with E-state index in [2.05, 4.69) is 53.2 Å². The zero-order valence-corrected chi connectivity index (χ0v) is 30.1. The lowest BCUT2D eigenvalue weighted by molar-refractivity contribution is -0.147. The van der Waals surface area contributed by atoms with Gasteiger partial charge in [-0.1, -0.05) is 30.3 Å². The van der Waals surface area contributed by atoms with Crippen molar-refractivity contribution in [1.82, 2.24) is 24.9 Å². The highest BCUT2D eigenvalue weighted by Gasteiger charge is 2.37. The number of piperazine rings is 1. The number of hydrogen-bond acceptors (Lipinski definition) is 7. The maximum Gasteiger partial charge on any atom is 0.410 e.